The molecule has 0 spiro atoms. The SMILES string of the molecule is Cc1occc1CN(C)C(=O)C1CC2CCCCC2N1. The summed E-state index contributed by atoms with van der Waals surface area (Å²) in [5.41, 5.74) is 1.09. The Morgan fingerprint density at radius 1 is 1.45 bits per heavy atom. The molecule has 1 aliphatic heterocycles. The molecule has 0 aromatic carbocycles. The molecule has 2 fully saturated rings. The van der Waals surface area contributed by atoms with Gasteiger partial charge in [-0.3, -0.25) is 4.79 Å². The number of hydrogen-bond acceptors (Lipinski definition) is 3. The Kier molecular flexibility index (Phi) is 3.83. The Hall–Kier alpha value is -1.29. The van der Waals surface area contributed by atoms with Gasteiger partial charge in [-0.05, 0) is 38.2 Å². The molecule has 1 saturated heterocycles. The Bertz CT molecular complexity index is 469. The molecule has 110 valence electrons. The van der Waals surface area contributed by atoms with Gasteiger partial charge in [0.25, 0.3) is 0 Å². The van der Waals surface area contributed by atoms with Crippen LogP contribution in [-0.4, -0.2) is 29.9 Å². The fraction of sp³-hybridized carbons (Fsp3) is 0.688. The van der Waals surface area contributed by atoms with E-state index in [4.69, 9.17) is 4.42 Å². The third kappa shape index (κ3) is 2.62. The highest BCUT2D eigenvalue weighted by Crippen LogP contribution is 2.33. The Balaban J connectivity index is 1.60. The Morgan fingerprint density at radius 2 is 2.25 bits per heavy atom. The van der Waals surface area contributed by atoms with E-state index in [1.165, 1.54) is 25.7 Å². The van der Waals surface area contributed by atoms with Gasteiger partial charge in [-0.1, -0.05) is 12.8 Å². The van der Waals surface area contributed by atoms with Crippen LogP contribution in [0.15, 0.2) is 16.7 Å². The maximum absolute atomic E-state index is 12.6. The van der Waals surface area contributed by atoms with Gasteiger partial charge in [0.1, 0.15) is 5.76 Å². The zero-order chi connectivity index (χ0) is 14.1. The van der Waals surface area contributed by atoms with Crippen LogP contribution in [0.2, 0.25) is 0 Å². The van der Waals surface area contributed by atoms with Gasteiger partial charge in [-0.15, -0.1) is 0 Å². The average molecular weight is 276 g/mol. The highest BCUT2D eigenvalue weighted by atomic mass is 16.3. The Morgan fingerprint density at radius 3 is 2.95 bits per heavy atom. The van der Waals surface area contributed by atoms with Crippen molar-refractivity contribution in [3.8, 4) is 0 Å². The highest BCUT2D eigenvalue weighted by Gasteiger charge is 2.39. The predicted molar refractivity (Wildman–Crippen MR) is 77.2 cm³/mol. The van der Waals surface area contributed by atoms with Crippen molar-refractivity contribution in [3.05, 3.63) is 23.7 Å². The van der Waals surface area contributed by atoms with E-state index in [1.807, 2.05) is 24.9 Å². The van der Waals surface area contributed by atoms with Crippen molar-refractivity contribution in [2.75, 3.05) is 7.05 Å². The minimum atomic E-state index is 0.0142. The number of aryl methyl sites for hydroxylation is 1. The van der Waals surface area contributed by atoms with E-state index in [2.05, 4.69) is 5.32 Å². The number of carbonyl (C=O) groups is 1. The van der Waals surface area contributed by atoms with E-state index in [9.17, 15) is 4.79 Å². The minimum absolute atomic E-state index is 0.0142. The molecule has 1 amide bonds. The molecule has 0 bridgehead atoms. The lowest BCUT2D eigenvalue weighted by Crippen LogP contribution is -2.43. The third-order valence-corrected chi connectivity index (χ3v) is 4.91. The number of rotatable bonds is 3. The van der Waals surface area contributed by atoms with Crippen molar-refractivity contribution in [2.45, 2.75) is 57.7 Å². The molecule has 2 aliphatic rings. The van der Waals surface area contributed by atoms with Crippen molar-refractivity contribution in [1.82, 2.24) is 10.2 Å². The van der Waals surface area contributed by atoms with E-state index in [1.54, 1.807) is 6.26 Å². The average Bonchev–Trinajstić information content (AvgIpc) is 3.04. The monoisotopic (exact) mass is 276 g/mol. The molecule has 3 rings (SSSR count). The highest BCUT2D eigenvalue weighted by molar-refractivity contribution is 5.82. The molecule has 20 heavy (non-hydrogen) atoms. The molecular weight excluding hydrogens is 252 g/mol. The molecule has 1 N–H and O–H groups in total. The van der Waals surface area contributed by atoms with Gasteiger partial charge in [-0.2, -0.15) is 0 Å². The minimum Gasteiger partial charge on any atom is -0.469 e. The van der Waals surface area contributed by atoms with Crippen molar-refractivity contribution in [2.24, 2.45) is 5.92 Å². The molecule has 4 nitrogen and oxygen atoms in total. The fourth-order valence-electron chi connectivity index (χ4n) is 3.69. The molecule has 3 atom stereocenters. The third-order valence-electron chi connectivity index (χ3n) is 4.91. The summed E-state index contributed by atoms with van der Waals surface area (Å²) >= 11 is 0. The molecule has 1 aromatic heterocycles. The predicted octanol–water partition coefficient (Wildman–Crippen LogP) is 2.47. The van der Waals surface area contributed by atoms with Gasteiger partial charge in [0.05, 0.1) is 12.3 Å². The second-order valence-electron chi connectivity index (χ2n) is 6.30. The summed E-state index contributed by atoms with van der Waals surface area (Å²) in [6.07, 6.45) is 7.85. The van der Waals surface area contributed by atoms with Crippen LogP contribution in [-0.2, 0) is 11.3 Å². The molecule has 4 heteroatoms. The lowest BCUT2D eigenvalue weighted by Gasteiger charge is -2.24. The van der Waals surface area contributed by atoms with Crippen LogP contribution in [0.3, 0.4) is 0 Å². The second-order valence-corrected chi connectivity index (χ2v) is 6.30. The van der Waals surface area contributed by atoms with Crippen LogP contribution in [0.1, 0.15) is 43.4 Å². The van der Waals surface area contributed by atoms with Gasteiger partial charge in [0.15, 0.2) is 0 Å². The topological polar surface area (TPSA) is 45.5 Å². The number of amides is 1. The number of nitrogens with one attached hydrogen (secondary N) is 1. The fourth-order valence-corrected chi connectivity index (χ4v) is 3.69. The number of likely N-dealkylation sites (N-methyl/N-ethyl adjacent to an activating group) is 1. The van der Waals surface area contributed by atoms with Gasteiger partial charge in [-0.25, -0.2) is 0 Å². The van der Waals surface area contributed by atoms with E-state index < -0.39 is 0 Å². The zero-order valence-electron chi connectivity index (χ0n) is 12.4. The maximum Gasteiger partial charge on any atom is 0.239 e. The number of furan rings is 1. The van der Waals surface area contributed by atoms with E-state index >= 15 is 0 Å². The summed E-state index contributed by atoms with van der Waals surface area (Å²) in [4.78, 5) is 14.4. The summed E-state index contributed by atoms with van der Waals surface area (Å²) in [6, 6.07) is 2.53. The molecule has 1 saturated carbocycles. The summed E-state index contributed by atoms with van der Waals surface area (Å²) in [5, 5.41) is 3.55. The van der Waals surface area contributed by atoms with Crippen molar-refractivity contribution in [1.29, 1.82) is 0 Å². The number of fused-ring (bicyclic) bond motifs is 1. The number of nitrogens with zero attached hydrogens (tertiary/aromatic N) is 1. The van der Waals surface area contributed by atoms with Crippen LogP contribution < -0.4 is 5.32 Å². The van der Waals surface area contributed by atoms with Crippen molar-refractivity contribution >= 4 is 5.91 Å². The van der Waals surface area contributed by atoms with Gasteiger partial charge < -0.3 is 14.6 Å². The van der Waals surface area contributed by atoms with Gasteiger partial charge in [0, 0.05) is 25.2 Å². The number of carbonyl (C=O) groups excluding carboxylic acids is 1. The van der Waals surface area contributed by atoms with E-state index in [0.29, 0.717) is 18.5 Å². The van der Waals surface area contributed by atoms with Crippen LogP contribution in [0.5, 0.6) is 0 Å². The van der Waals surface area contributed by atoms with Crippen LogP contribution >= 0.6 is 0 Å². The first kappa shape index (κ1) is 13.7. The summed E-state index contributed by atoms with van der Waals surface area (Å²) in [5.74, 6) is 1.83. The molecule has 3 unspecified atom stereocenters. The number of hydrogen-bond donors (Lipinski definition) is 1. The first-order valence-electron chi connectivity index (χ1n) is 7.69. The van der Waals surface area contributed by atoms with Gasteiger partial charge >= 0.3 is 0 Å². The van der Waals surface area contributed by atoms with Crippen molar-refractivity contribution < 1.29 is 9.21 Å². The standard InChI is InChI=1S/C16H24N2O2/c1-11-13(7-8-20-11)10-18(2)16(19)15-9-12-5-3-4-6-14(12)17-15/h7-8,12,14-15,17H,3-6,9-10H2,1-2H3. The summed E-state index contributed by atoms with van der Waals surface area (Å²) < 4.78 is 5.29. The van der Waals surface area contributed by atoms with E-state index in [0.717, 1.165) is 17.7 Å². The van der Waals surface area contributed by atoms with Crippen LogP contribution in [0, 0.1) is 12.8 Å². The molecule has 1 aliphatic carbocycles. The lowest BCUT2D eigenvalue weighted by molar-refractivity contribution is -0.132. The maximum atomic E-state index is 12.6. The Labute approximate surface area is 120 Å². The molecule has 2 heterocycles. The first-order chi connectivity index (χ1) is 9.65. The van der Waals surface area contributed by atoms with E-state index in [-0.39, 0.29) is 11.9 Å². The normalized spacial score (nSPS) is 29.2. The summed E-state index contributed by atoms with van der Waals surface area (Å²) in [7, 11) is 1.89. The largest absolute Gasteiger partial charge is 0.469 e. The van der Waals surface area contributed by atoms with Gasteiger partial charge in [0.2, 0.25) is 5.91 Å². The zero-order valence-corrected chi connectivity index (χ0v) is 12.4. The quantitative estimate of drug-likeness (QED) is 0.922. The molecule has 0 radical (unpaired) electrons. The second kappa shape index (κ2) is 5.60. The first-order valence-corrected chi connectivity index (χ1v) is 7.69. The lowest BCUT2D eigenvalue weighted by atomic mass is 9.85. The van der Waals surface area contributed by atoms with Crippen LogP contribution in [0.25, 0.3) is 0 Å². The molecular formula is C16H24N2O2. The van der Waals surface area contributed by atoms with Crippen LogP contribution in [0.4, 0.5) is 0 Å². The molecule has 1 aromatic rings. The smallest absolute Gasteiger partial charge is 0.239 e. The summed E-state index contributed by atoms with van der Waals surface area (Å²) in [6.45, 7) is 2.57. The van der Waals surface area contributed by atoms with Crippen molar-refractivity contribution in [3.63, 3.8) is 0 Å².